The molecule has 0 saturated heterocycles. The van der Waals surface area contributed by atoms with Gasteiger partial charge in [-0.3, -0.25) is 0 Å². The first-order valence-corrected chi connectivity index (χ1v) is 11.3. The van der Waals surface area contributed by atoms with Gasteiger partial charge in [-0.25, -0.2) is 0 Å². The van der Waals surface area contributed by atoms with Crippen LogP contribution in [0.15, 0.2) is 78.9 Å². The molecule has 6 heteroatoms. The summed E-state index contributed by atoms with van der Waals surface area (Å²) in [5, 5.41) is 29.8. The summed E-state index contributed by atoms with van der Waals surface area (Å²) < 4.78 is 0. The zero-order chi connectivity index (χ0) is 25.5. The molecular weight excluding hydrogens is 438 g/mol. The molecule has 180 valence electrons. The maximum absolute atomic E-state index is 10.00. The number of phenols is 3. The molecule has 0 unspecified atom stereocenters. The van der Waals surface area contributed by atoms with Gasteiger partial charge in [0.15, 0.2) is 0 Å². The highest BCUT2D eigenvalue weighted by Gasteiger charge is 2.33. The first kappa shape index (κ1) is 23.8. The predicted octanol–water partition coefficient (Wildman–Crippen LogP) is 5.23. The molecule has 0 aliphatic carbocycles. The molecule has 0 heterocycles. The second kappa shape index (κ2) is 8.47. The number of hydrogen-bond acceptors (Lipinski definition) is 6. The van der Waals surface area contributed by atoms with Crippen LogP contribution in [0.5, 0.6) is 17.2 Å². The standard InChI is InChI=1S/C29H31N3O3/c1-28(2,19-8-11-25(33)22(30)14-19)17-4-6-18(7-5-17)29(3,20-9-12-26(34)23(31)15-20)21-10-13-27(35)24(32)16-21/h4-16,33-35H,30-32H2,1-3H3. The van der Waals surface area contributed by atoms with Crippen LogP contribution in [0.1, 0.15) is 48.6 Å². The molecule has 35 heavy (non-hydrogen) atoms. The Bertz CT molecular complexity index is 1340. The van der Waals surface area contributed by atoms with Crippen LogP contribution in [0.4, 0.5) is 17.1 Å². The summed E-state index contributed by atoms with van der Waals surface area (Å²) in [4.78, 5) is 0. The monoisotopic (exact) mass is 469 g/mol. The summed E-state index contributed by atoms with van der Waals surface area (Å²) >= 11 is 0. The van der Waals surface area contributed by atoms with Gasteiger partial charge in [0.25, 0.3) is 0 Å². The molecule has 0 amide bonds. The van der Waals surface area contributed by atoms with E-state index in [9.17, 15) is 15.3 Å². The Hall–Kier alpha value is -4.32. The fraction of sp³-hybridized carbons (Fsp3) is 0.172. The van der Waals surface area contributed by atoms with Gasteiger partial charge in [-0.15, -0.1) is 0 Å². The van der Waals surface area contributed by atoms with Crippen LogP contribution in [-0.2, 0) is 10.8 Å². The number of hydrogen-bond donors (Lipinski definition) is 6. The zero-order valence-corrected chi connectivity index (χ0v) is 20.1. The highest BCUT2D eigenvalue weighted by molar-refractivity contribution is 5.63. The molecule has 0 atom stereocenters. The van der Waals surface area contributed by atoms with Crippen molar-refractivity contribution < 1.29 is 15.3 Å². The smallest absolute Gasteiger partial charge is 0.138 e. The van der Waals surface area contributed by atoms with Crippen LogP contribution < -0.4 is 17.2 Å². The van der Waals surface area contributed by atoms with Gasteiger partial charge in [0.05, 0.1) is 17.1 Å². The summed E-state index contributed by atoms with van der Waals surface area (Å²) in [7, 11) is 0. The van der Waals surface area contributed by atoms with E-state index in [0.29, 0.717) is 5.69 Å². The van der Waals surface area contributed by atoms with Crippen LogP contribution in [0.3, 0.4) is 0 Å². The van der Waals surface area contributed by atoms with Crippen LogP contribution in [0, 0.1) is 0 Å². The normalized spacial score (nSPS) is 12.0. The van der Waals surface area contributed by atoms with Crippen molar-refractivity contribution >= 4 is 17.1 Å². The van der Waals surface area contributed by atoms with Gasteiger partial charge in [-0.1, -0.05) is 56.3 Å². The van der Waals surface area contributed by atoms with Crippen molar-refractivity contribution in [3.8, 4) is 17.2 Å². The molecular formula is C29H31N3O3. The predicted molar refractivity (Wildman–Crippen MR) is 142 cm³/mol. The maximum Gasteiger partial charge on any atom is 0.138 e. The van der Waals surface area contributed by atoms with Crippen molar-refractivity contribution in [2.24, 2.45) is 0 Å². The quantitative estimate of drug-likeness (QED) is 0.134. The molecule has 0 spiro atoms. The zero-order valence-electron chi connectivity index (χ0n) is 20.1. The Morgan fingerprint density at radius 1 is 0.457 bits per heavy atom. The second-order valence-electron chi connectivity index (χ2n) is 9.65. The number of benzene rings is 4. The van der Waals surface area contributed by atoms with Crippen LogP contribution in [-0.4, -0.2) is 15.3 Å². The van der Waals surface area contributed by atoms with E-state index in [0.717, 1.165) is 27.8 Å². The Morgan fingerprint density at radius 2 is 0.771 bits per heavy atom. The van der Waals surface area contributed by atoms with Gasteiger partial charge >= 0.3 is 0 Å². The fourth-order valence-corrected chi connectivity index (χ4v) is 4.56. The van der Waals surface area contributed by atoms with Gasteiger partial charge < -0.3 is 32.5 Å². The van der Waals surface area contributed by atoms with E-state index in [4.69, 9.17) is 17.2 Å². The van der Waals surface area contributed by atoms with Gasteiger partial charge in [0.2, 0.25) is 0 Å². The van der Waals surface area contributed by atoms with E-state index >= 15 is 0 Å². The van der Waals surface area contributed by atoms with Gasteiger partial charge in [-0.05, 0) is 71.1 Å². The summed E-state index contributed by atoms with van der Waals surface area (Å²) in [6.07, 6.45) is 0. The topological polar surface area (TPSA) is 139 Å². The lowest BCUT2D eigenvalue weighted by atomic mass is 9.69. The molecule has 0 aliphatic rings. The number of nitrogen functional groups attached to an aromatic ring is 3. The van der Waals surface area contributed by atoms with E-state index in [2.05, 4.69) is 45.0 Å². The molecule has 0 radical (unpaired) electrons. The van der Waals surface area contributed by atoms with E-state index in [1.807, 2.05) is 18.2 Å². The Labute approximate surface area is 205 Å². The maximum atomic E-state index is 10.00. The number of rotatable bonds is 5. The lowest BCUT2D eigenvalue weighted by Gasteiger charge is -2.33. The second-order valence-corrected chi connectivity index (χ2v) is 9.65. The minimum Gasteiger partial charge on any atom is -0.506 e. The van der Waals surface area contributed by atoms with Crippen molar-refractivity contribution in [2.75, 3.05) is 17.2 Å². The van der Waals surface area contributed by atoms with Gasteiger partial charge in [0, 0.05) is 10.8 Å². The highest BCUT2D eigenvalue weighted by Crippen LogP contribution is 2.43. The van der Waals surface area contributed by atoms with E-state index in [1.54, 1.807) is 36.4 Å². The van der Waals surface area contributed by atoms with Crippen LogP contribution in [0.25, 0.3) is 0 Å². The third kappa shape index (κ3) is 4.08. The van der Waals surface area contributed by atoms with E-state index < -0.39 is 5.41 Å². The first-order chi connectivity index (χ1) is 16.4. The average Bonchev–Trinajstić information content (AvgIpc) is 2.83. The third-order valence-corrected chi connectivity index (χ3v) is 7.14. The van der Waals surface area contributed by atoms with Crippen molar-refractivity contribution in [1.82, 2.24) is 0 Å². The lowest BCUT2D eigenvalue weighted by molar-refractivity contribution is 0.476. The van der Waals surface area contributed by atoms with Crippen LogP contribution >= 0.6 is 0 Å². The third-order valence-electron chi connectivity index (χ3n) is 7.14. The molecule has 0 fully saturated rings. The van der Waals surface area contributed by atoms with Gasteiger partial charge in [-0.2, -0.15) is 0 Å². The molecule has 4 aromatic carbocycles. The summed E-state index contributed by atoms with van der Waals surface area (Å²) in [6, 6.07) is 23.9. The van der Waals surface area contributed by atoms with Crippen molar-refractivity contribution in [2.45, 2.75) is 31.6 Å². The molecule has 9 N–H and O–H groups in total. The molecule has 4 rings (SSSR count). The average molecular weight is 470 g/mol. The summed E-state index contributed by atoms with van der Waals surface area (Å²) in [5.74, 6) is 0.107. The summed E-state index contributed by atoms with van der Waals surface area (Å²) in [6.45, 7) is 6.27. The molecule has 0 aromatic heterocycles. The van der Waals surface area contributed by atoms with Crippen molar-refractivity contribution in [3.05, 3.63) is 107 Å². The highest BCUT2D eigenvalue weighted by atomic mass is 16.3. The first-order valence-electron chi connectivity index (χ1n) is 11.3. The number of phenolic OH excluding ortho intramolecular Hbond substituents is 3. The van der Waals surface area contributed by atoms with E-state index in [1.165, 1.54) is 0 Å². The van der Waals surface area contributed by atoms with Crippen molar-refractivity contribution in [3.63, 3.8) is 0 Å². The molecule has 4 aromatic rings. The largest absolute Gasteiger partial charge is 0.506 e. The van der Waals surface area contributed by atoms with E-state index in [-0.39, 0.29) is 34.0 Å². The van der Waals surface area contributed by atoms with Crippen molar-refractivity contribution in [1.29, 1.82) is 0 Å². The fourth-order valence-electron chi connectivity index (χ4n) is 4.56. The number of anilines is 3. The lowest BCUT2D eigenvalue weighted by Crippen LogP contribution is -2.26. The van der Waals surface area contributed by atoms with Gasteiger partial charge in [0.1, 0.15) is 17.2 Å². The molecule has 0 saturated carbocycles. The molecule has 0 aliphatic heterocycles. The minimum atomic E-state index is -0.671. The summed E-state index contributed by atoms with van der Waals surface area (Å²) in [5.41, 5.74) is 22.7. The number of aromatic hydroxyl groups is 3. The Kier molecular flexibility index (Phi) is 5.77. The molecule has 0 bridgehead atoms. The Balaban J connectivity index is 1.84. The Morgan fingerprint density at radius 3 is 1.17 bits per heavy atom. The molecule has 6 nitrogen and oxygen atoms in total. The SMILES string of the molecule is CC(C)(c1ccc(C(C)(c2ccc(O)c(N)c2)c2ccc(O)c(N)c2)cc1)c1ccc(O)c(N)c1. The minimum absolute atomic E-state index is 0.0200. The van der Waals surface area contributed by atoms with Crippen LogP contribution in [0.2, 0.25) is 0 Å². The number of nitrogens with two attached hydrogens (primary N) is 3.